The Morgan fingerprint density at radius 3 is 2.91 bits per heavy atom. The summed E-state index contributed by atoms with van der Waals surface area (Å²) in [5.41, 5.74) is 1.09. The monoisotopic (exact) mass is 154 g/mol. The van der Waals surface area contributed by atoms with Gasteiger partial charge in [-0.1, -0.05) is 13.5 Å². The highest BCUT2D eigenvalue weighted by atomic mass is 15.2. The molecule has 0 bridgehead atoms. The molecule has 11 heavy (non-hydrogen) atoms. The van der Waals surface area contributed by atoms with Crippen LogP contribution in [0.3, 0.4) is 0 Å². The van der Waals surface area contributed by atoms with E-state index in [0.29, 0.717) is 6.04 Å². The van der Waals surface area contributed by atoms with Crippen molar-refractivity contribution in [3.05, 3.63) is 12.3 Å². The molecule has 1 aliphatic heterocycles. The van der Waals surface area contributed by atoms with Crippen LogP contribution in [0.15, 0.2) is 12.3 Å². The van der Waals surface area contributed by atoms with E-state index in [4.69, 9.17) is 0 Å². The molecule has 0 aromatic heterocycles. The first-order valence-corrected chi connectivity index (χ1v) is 4.36. The van der Waals surface area contributed by atoms with Crippen molar-refractivity contribution in [2.75, 3.05) is 19.6 Å². The third-order valence-corrected chi connectivity index (χ3v) is 2.17. The van der Waals surface area contributed by atoms with Crippen molar-refractivity contribution in [3.63, 3.8) is 0 Å². The fourth-order valence-electron chi connectivity index (χ4n) is 1.59. The molecule has 1 rings (SSSR count). The summed E-state index contributed by atoms with van der Waals surface area (Å²) in [5.74, 6) is 0. The molecule has 0 saturated carbocycles. The van der Waals surface area contributed by atoms with Gasteiger partial charge in [0.2, 0.25) is 0 Å². The van der Waals surface area contributed by atoms with Crippen molar-refractivity contribution in [2.45, 2.75) is 26.3 Å². The molecule has 0 aromatic rings. The average molecular weight is 154 g/mol. The average Bonchev–Trinajstić information content (AvgIpc) is 2.34. The van der Waals surface area contributed by atoms with Crippen LogP contribution in [0.1, 0.15) is 20.3 Å². The minimum Gasteiger partial charge on any atom is -0.385 e. The topological polar surface area (TPSA) is 15.3 Å². The van der Waals surface area contributed by atoms with Gasteiger partial charge in [0.25, 0.3) is 0 Å². The first kappa shape index (κ1) is 8.60. The quantitative estimate of drug-likeness (QED) is 0.657. The van der Waals surface area contributed by atoms with Crippen LogP contribution < -0.4 is 5.32 Å². The second-order valence-electron chi connectivity index (χ2n) is 3.30. The molecule has 1 heterocycles. The standard InChI is InChI=1S/C9H18N2/c1-4-11-6-5-9(7-11)10-8(2)3/h9-10H,2,4-7H2,1,3H3. The van der Waals surface area contributed by atoms with Crippen molar-refractivity contribution < 1.29 is 0 Å². The van der Waals surface area contributed by atoms with Crippen molar-refractivity contribution in [1.29, 1.82) is 0 Å². The number of allylic oxidation sites excluding steroid dienone is 1. The summed E-state index contributed by atoms with van der Waals surface area (Å²) >= 11 is 0. The van der Waals surface area contributed by atoms with E-state index < -0.39 is 0 Å². The molecule has 1 fully saturated rings. The lowest BCUT2D eigenvalue weighted by Crippen LogP contribution is -2.30. The number of rotatable bonds is 3. The SMILES string of the molecule is C=C(C)NC1CCN(CC)C1. The molecule has 1 N–H and O–H groups in total. The minimum absolute atomic E-state index is 0.646. The molecule has 1 atom stereocenters. The number of nitrogens with zero attached hydrogens (tertiary/aromatic N) is 1. The maximum absolute atomic E-state index is 3.84. The first-order chi connectivity index (χ1) is 5.22. The van der Waals surface area contributed by atoms with Crippen LogP contribution in [0.4, 0.5) is 0 Å². The van der Waals surface area contributed by atoms with Crippen LogP contribution in [-0.2, 0) is 0 Å². The Hall–Kier alpha value is -0.500. The van der Waals surface area contributed by atoms with Gasteiger partial charge in [-0.15, -0.1) is 0 Å². The molecule has 64 valence electrons. The summed E-state index contributed by atoms with van der Waals surface area (Å²) in [6.07, 6.45) is 1.26. The fourth-order valence-corrected chi connectivity index (χ4v) is 1.59. The van der Waals surface area contributed by atoms with Gasteiger partial charge in [0, 0.05) is 24.8 Å². The summed E-state index contributed by atoms with van der Waals surface area (Å²) in [5, 5.41) is 3.37. The number of likely N-dealkylation sites (tertiary alicyclic amines) is 1. The molecule has 0 aromatic carbocycles. The second-order valence-corrected chi connectivity index (χ2v) is 3.30. The van der Waals surface area contributed by atoms with Crippen molar-refractivity contribution >= 4 is 0 Å². The molecule has 2 heteroatoms. The predicted molar refractivity (Wildman–Crippen MR) is 48.5 cm³/mol. The van der Waals surface area contributed by atoms with Gasteiger partial charge in [0.15, 0.2) is 0 Å². The van der Waals surface area contributed by atoms with Gasteiger partial charge < -0.3 is 10.2 Å². The molecular formula is C9H18N2. The molecule has 1 saturated heterocycles. The Morgan fingerprint density at radius 2 is 2.45 bits per heavy atom. The normalized spacial score (nSPS) is 25.5. The fraction of sp³-hybridized carbons (Fsp3) is 0.778. The Bertz CT molecular complexity index is 142. The lowest BCUT2D eigenvalue weighted by Gasteiger charge is -2.14. The Morgan fingerprint density at radius 1 is 1.73 bits per heavy atom. The van der Waals surface area contributed by atoms with Crippen LogP contribution in [-0.4, -0.2) is 30.6 Å². The van der Waals surface area contributed by atoms with Crippen molar-refractivity contribution in [3.8, 4) is 0 Å². The zero-order valence-corrected chi connectivity index (χ0v) is 7.56. The van der Waals surface area contributed by atoms with E-state index in [1.807, 2.05) is 6.92 Å². The van der Waals surface area contributed by atoms with E-state index in [2.05, 4.69) is 23.7 Å². The summed E-state index contributed by atoms with van der Waals surface area (Å²) in [6.45, 7) is 11.7. The Labute approximate surface area is 69.3 Å². The Balaban J connectivity index is 2.24. The zero-order chi connectivity index (χ0) is 8.27. The largest absolute Gasteiger partial charge is 0.385 e. The summed E-state index contributed by atoms with van der Waals surface area (Å²) < 4.78 is 0. The van der Waals surface area contributed by atoms with E-state index in [9.17, 15) is 0 Å². The smallest absolute Gasteiger partial charge is 0.0397 e. The van der Waals surface area contributed by atoms with E-state index in [1.54, 1.807) is 0 Å². The highest BCUT2D eigenvalue weighted by Gasteiger charge is 2.19. The maximum Gasteiger partial charge on any atom is 0.0397 e. The van der Waals surface area contributed by atoms with Crippen LogP contribution in [0, 0.1) is 0 Å². The van der Waals surface area contributed by atoms with Gasteiger partial charge >= 0.3 is 0 Å². The third kappa shape index (κ3) is 2.54. The second kappa shape index (κ2) is 3.77. The molecular weight excluding hydrogens is 136 g/mol. The van der Waals surface area contributed by atoms with Gasteiger partial charge in [-0.05, 0) is 19.9 Å². The minimum atomic E-state index is 0.646. The van der Waals surface area contributed by atoms with Gasteiger partial charge in [0.1, 0.15) is 0 Å². The van der Waals surface area contributed by atoms with Crippen LogP contribution in [0.2, 0.25) is 0 Å². The highest BCUT2D eigenvalue weighted by Crippen LogP contribution is 2.08. The Kier molecular flexibility index (Phi) is 2.94. The molecule has 1 aliphatic rings. The van der Waals surface area contributed by atoms with Crippen molar-refractivity contribution in [2.24, 2.45) is 0 Å². The molecule has 0 radical (unpaired) electrons. The van der Waals surface area contributed by atoms with Gasteiger partial charge in [-0.3, -0.25) is 0 Å². The van der Waals surface area contributed by atoms with E-state index in [0.717, 1.165) is 5.70 Å². The third-order valence-electron chi connectivity index (χ3n) is 2.17. The molecule has 0 aliphatic carbocycles. The van der Waals surface area contributed by atoms with E-state index in [-0.39, 0.29) is 0 Å². The number of likely N-dealkylation sites (N-methyl/N-ethyl adjacent to an activating group) is 1. The summed E-state index contributed by atoms with van der Waals surface area (Å²) in [4.78, 5) is 2.46. The lowest BCUT2D eigenvalue weighted by molar-refractivity contribution is 0.349. The number of hydrogen-bond acceptors (Lipinski definition) is 2. The zero-order valence-electron chi connectivity index (χ0n) is 7.56. The number of nitrogens with one attached hydrogen (secondary N) is 1. The summed E-state index contributed by atoms with van der Waals surface area (Å²) in [7, 11) is 0. The van der Waals surface area contributed by atoms with Crippen molar-refractivity contribution in [1.82, 2.24) is 10.2 Å². The van der Waals surface area contributed by atoms with Gasteiger partial charge in [-0.25, -0.2) is 0 Å². The number of hydrogen-bond donors (Lipinski definition) is 1. The van der Waals surface area contributed by atoms with Gasteiger partial charge in [0.05, 0.1) is 0 Å². The van der Waals surface area contributed by atoms with E-state index in [1.165, 1.54) is 26.1 Å². The van der Waals surface area contributed by atoms with Crippen LogP contribution in [0.25, 0.3) is 0 Å². The molecule has 1 unspecified atom stereocenters. The molecule has 0 spiro atoms. The molecule has 0 amide bonds. The lowest BCUT2D eigenvalue weighted by atomic mass is 10.2. The van der Waals surface area contributed by atoms with Crippen LogP contribution in [0.5, 0.6) is 0 Å². The molecule has 2 nitrogen and oxygen atoms in total. The first-order valence-electron chi connectivity index (χ1n) is 4.36. The van der Waals surface area contributed by atoms with Gasteiger partial charge in [-0.2, -0.15) is 0 Å². The highest BCUT2D eigenvalue weighted by molar-refractivity contribution is 4.92. The summed E-state index contributed by atoms with van der Waals surface area (Å²) in [6, 6.07) is 0.646. The van der Waals surface area contributed by atoms with E-state index >= 15 is 0 Å². The van der Waals surface area contributed by atoms with Crippen LogP contribution >= 0.6 is 0 Å². The predicted octanol–water partition coefficient (Wildman–Crippen LogP) is 1.20. The maximum atomic E-state index is 3.84.